The van der Waals surface area contributed by atoms with Crippen molar-refractivity contribution < 1.29 is 19.0 Å². The summed E-state index contributed by atoms with van der Waals surface area (Å²) in [5.41, 5.74) is 7.57. The first-order chi connectivity index (χ1) is 14.5. The molecule has 0 saturated carbocycles. The molecule has 0 bridgehead atoms. The second-order valence-electron chi connectivity index (χ2n) is 6.80. The number of hydrogen-bond acceptors (Lipinski definition) is 4. The Morgan fingerprint density at radius 2 is 1.37 bits per heavy atom. The zero-order valence-electron chi connectivity index (χ0n) is 16.5. The predicted molar refractivity (Wildman–Crippen MR) is 123 cm³/mol. The maximum atomic E-state index is 13.9. The van der Waals surface area contributed by atoms with Crippen molar-refractivity contribution in [3.8, 4) is 11.5 Å². The van der Waals surface area contributed by atoms with E-state index in [9.17, 15) is 4.57 Å². The molecule has 2 unspecified atom stereocenters. The second kappa shape index (κ2) is 10.4. The minimum Gasteiger partial charge on any atom is -0.415 e. The van der Waals surface area contributed by atoms with Crippen LogP contribution in [0, 0.1) is 0 Å². The van der Waals surface area contributed by atoms with Gasteiger partial charge in [0.2, 0.25) is 5.84 Å². The summed E-state index contributed by atoms with van der Waals surface area (Å²) in [6.45, 7) is 0. The molecular formula is C22H26N3O3P2+. The lowest BCUT2D eigenvalue weighted by Gasteiger charge is -2.27. The van der Waals surface area contributed by atoms with E-state index in [1.54, 1.807) is 24.3 Å². The van der Waals surface area contributed by atoms with Crippen molar-refractivity contribution in [1.29, 1.82) is 0 Å². The maximum absolute atomic E-state index is 13.9. The third-order valence-corrected chi connectivity index (χ3v) is 7.09. The molecule has 3 aromatic carbocycles. The normalized spacial score (nSPS) is 12.2. The van der Waals surface area contributed by atoms with Gasteiger partial charge in [-0.3, -0.25) is 16.2 Å². The summed E-state index contributed by atoms with van der Waals surface area (Å²) in [7, 11) is -1.23. The van der Waals surface area contributed by atoms with Crippen LogP contribution < -0.4 is 25.3 Å². The highest BCUT2D eigenvalue weighted by atomic mass is 31.2. The first-order valence-electron chi connectivity index (χ1n) is 9.48. The fourth-order valence-corrected chi connectivity index (χ4v) is 5.32. The molecule has 0 amide bonds. The highest BCUT2D eigenvalue weighted by Crippen LogP contribution is 2.53. The Labute approximate surface area is 179 Å². The van der Waals surface area contributed by atoms with E-state index in [1.807, 2.05) is 60.7 Å². The summed E-state index contributed by atoms with van der Waals surface area (Å²) in [5.74, 6) is 0.724. The monoisotopic (exact) mass is 442 g/mol. The number of nitrogens with one attached hydrogen (secondary N) is 1. The fraction of sp³-hybridized carbons (Fsp3) is 0.136. The Morgan fingerprint density at radius 3 is 1.80 bits per heavy atom. The third kappa shape index (κ3) is 6.17. The molecule has 0 saturated heterocycles. The van der Waals surface area contributed by atoms with Crippen molar-refractivity contribution in [1.82, 2.24) is 5.09 Å². The molecule has 0 aliphatic rings. The molecule has 3 rings (SSSR count). The highest BCUT2D eigenvalue weighted by Gasteiger charge is 2.38. The summed E-state index contributed by atoms with van der Waals surface area (Å²) in [5, 5.41) is 8.62. The molecule has 0 aromatic heterocycles. The van der Waals surface area contributed by atoms with Gasteiger partial charge in [0.15, 0.2) is 0 Å². The standard InChI is InChI=1S/C22H25N3O3P2/c23-21(24)15-17-11-13-18(14-12-17)16-22(25-29)30(26,27-19-7-3-1-4-8-19)28-20-9-5-2-6-10-20/h1-14,22,25H,15-16,29H2,(H3,23,24)/p+1. The van der Waals surface area contributed by atoms with Crippen molar-refractivity contribution in [2.75, 3.05) is 0 Å². The largest absolute Gasteiger partial charge is 0.448 e. The fourth-order valence-electron chi connectivity index (χ4n) is 2.92. The summed E-state index contributed by atoms with van der Waals surface area (Å²) >= 11 is 0. The number of para-hydroxylation sites is 2. The van der Waals surface area contributed by atoms with E-state index < -0.39 is 13.4 Å². The van der Waals surface area contributed by atoms with Crippen LogP contribution >= 0.6 is 17.0 Å². The van der Waals surface area contributed by atoms with Crippen LogP contribution in [0.4, 0.5) is 0 Å². The van der Waals surface area contributed by atoms with Gasteiger partial charge in [0.25, 0.3) is 0 Å². The summed E-state index contributed by atoms with van der Waals surface area (Å²) in [6, 6.07) is 25.9. The number of rotatable bonds is 10. The van der Waals surface area contributed by atoms with E-state index in [0.29, 0.717) is 30.2 Å². The molecule has 156 valence electrons. The topological polar surface area (TPSA) is 99.2 Å². The third-order valence-electron chi connectivity index (χ3n) is 4.39. The lowest BCUT2D eigenvalue weighted by Crippen LogP contribution is -2.46. The molecule has 0 heterocycles. The second-order valence-corrected chi connectivity index (χ2v) is 9.20. The average Bonchev–Trinajstić information content (AvgIpc) is 2.74. The average molecular weight is 442 g/mol. The molecule has 0 aliphatic heterocycles. The first kappa shape index (κ1) is 22.0. The zero-order valence-corrected chi connectivity index (χ0v) is 18.5. The summed E-state index contributed by atoms with van der Waals surface area (Å²) < 4.78 is 25.8. The van der Waals surface area contributed by atoms with Crippen molar-refractivity contribution in [2.24, 2.45) is 5.73 Å². The van der Waals surface area contributed by atoms with Crippen molar-refractivity contribution in [2.45, 2.75) is 18.6 Å². The van der Waals surface area contributed by atoms with E-state index in [0.717, 1.165) is 11.1 Å². The molecule has 0 spiro atoms. The minimum absolute atomic E-state index is 0.365. The summed E-state index contributed by atoms with van der Waals surface area (Å²) in [4.78, 5) is 0. The number of nitrogens with two attached hydrogens (primary N) is 2. The highest BCUT2D eigenvalue weighted by molar-refractivity contribution is 7.55. The van der Waals surface area contributed by atoms with E-state index >= 15 is 0 Å². The van der Waals surface area contributed by atoms with E-state index in [2.05, 4.69) is 14.5 Å². The Kier molecular flexibility index (Phi) is 7.64. The SMILES string of the molecule is NC(=[NH2+])Cc1ccc(CC(NP)P(=O)(Oc2ccccc2)Oc2ccccc2)cc1. The van der Waals surface area contributed by atoms with Crippen LogP contribution in [0.25, 0.3) is 0 Å². The van der Waals surface area contributed by atoms with Crippen LogP contribution in [0.15, 0.2) is 84.9 Å². The zero-order chi connectivity index (χ0) is 21.4. The van der Waals surface area contributed by atoms with Gasteiger partial charge in [0, 0.05) is 6.42 Å². The Hall–Kier alpha value is -2.65. The van der Waals surface area contributed by atoms with Gasteiger partial charge in [-0.15, -0.1) is 0 Å². The van der Waals surface area contributed by atoms with Gasteiger partial charge in [0.1, 0.15) is 17.3 Å². The molecule has 0 fully saturated rings. The Morgan fingerprint density at radius 1 is 0.900 bits per heavy atom. The van der Waals surface area contributed by atoms with Crippen molar-refractivity contribution in [3.05, 3.63) is 96.1 Å². The van der Waals surface area contributed by atoms with Crippen LogP contribution in [0.1, 0.15) is 11.1 Å². The molecule has 0 aliphatic carbocycles. The first-order valence-corrected chi connectivity index (χ1v) is 11.7. The Bertz CT molecular complexity index is 954. The van der Waals surface area contributed by atoms with E-state index in [1.165, 1.54) is 0 Å². The van der Waals surface area contributed by atoms with Crippen molar-refractivity contribution in [3.63, 3.8) is 0 Å². The number of hydrogen-bond donors (Lipinski definition) is 3. The van der Waals surface area contributed by atoms with Gasteiger partial charge >= 0.3 is 7.60 Å². The van der Waals surface area contributed by atoms with Crippen LogP contribution in [-0.4, -0.2) is 11.6 Å². The van der Waals surface area contributed by atoms with Gasteiger partial charge in [-0.25, -0.2) is 4.57 Å². The Balaban J connectivity index is 1.85. The molecule has 0 radical (unpaired) electrons. The maximum Gasteiger partial charge on any atom is 0.448 e. The molecule has 6 nitrogen and oxygen atoms in total. The number of amidine groups is 1. The van der Waals surface area contributed by atoms with Crippen LogP contribution in [0.5, 0.6) is 11.5 Å². The minimum atomic E-state index is -3.65. The quantitative estimate of drug-likeness (QED) is 0.255. The molecule has 8 heteroatoms. The van der Waals surface area contributed by atoms with Crippen molar-refractivity contribution >= 4 is 22.8 Å². The molecule has 3 aromatic rings. The van der Waals surface area contributed by atoms with E-state index in [4.69, 9.17) is 20.2 Å². The van der Waals surface area contributed by atoms with Gasteiger partial charge in [-0.05, 0) is 35.4 Å². The van der Waals surface area contributed by atoms with Crippen LogP contribution in [-0.2, 0) is 17.4 Å². The number of benzene rings is 3. The lowest BCUT2D eigenvalue weighted by molar-refractivity contribution is -0.117. The summed E-state index contributed by atoms with van der Waals surface area (Å²) in [6.07, 6.45) is 0.945. The van der Waals surface area contributed by atoms with E-state index in [-0.39, 0.29) is 0 Å². The van der Waals surface area contributed by atoms with Crippen LogP contribution in [0.2, 0.25) is 0 Å². The molecule has 30 heavy (non-hydrogen) atoms. The molecular weight excluding hydrogens is 416 g/mol. The van der Waals surface area contributed by atoms with Gasteiger partial charge in [-0.2, -0.15) is 0 Å². The van der Waals surface area contributed by atoms with Gasteiger partial charge < -0.3 is 9.05 Å². The van der Waals surface area contributed by atoms with Gasteiger partial charge in [0.05, 0.1) is 6.42 Å². The lowest BCUT2D eigenvalue weighted by atomic mass is 10.1. The molecule has 5 N–H and O–H groups in total. The predicted octanol–water partition coefficient (Wildman–Crippen LogP) is 2.94. The molecule has 2 atom stereocenters. The van der Waals surface area contributed by atoms with Crippen LogP contribution in [0.3, 0.4) is 0 Å². The smallest absolute Gasteiger partial charge is 0.415 e. The van der Waals surface area contributed by atoms with Gasteiger partial charge in [-0.1, -0.05) is 70.1 Å².